The van der Waals surface area contributed by atoms with E-state index >= 15 is 0 Å². The van der Waals surface area contributed by atoms with Gasteiger partial charge in [0.05, 0.1) is 18.4 Å². The number of phenols is 1. The first-order valence-electron chi connectivity index (χ1n) is 12.2. The number of aromatic nitrogens is 2. The molecule has 0 saturated carbocycles. The van der Waals surface area contributed by atoms with Crippen molar-refractivity contribution in [2.75, 3.05) is 32.9 Å². The van der Waals surface area contributed by atoms with Crippen molar-refractivity contribution in [1.29, 1.82) is 0 Å². The molecule has 36 heavy (non-hydrogen) atoms. The van der Waals surface area contributed by atoms with Crippen molar-refractivity contribution < 1.29 is 19.0 Å². The van der Waals surface area contributed by atoms with Crippen LogP contribution in [0.1, 0.15) is 29.7 Å². The summed E-state index contributed by atoms with van der Waals surface area (Å²) in [5, 5.41) is 18.1. The van der Waals surface area contributed by atoms with Crippen LogP contribution in [0.25, 0.3) is 22.0 Å². The molecule has 3 heterocycles. The lowest BCUT2D eigenvalue weighted by molar-refractivity contribution is 0.0668. The number of fused-ring (bicyclic) bond motifs is 3. The Balaban J connectivity index is 1.29. The lowest BCUT2D eigenvalue weighted by Gasteiger charge is -2.37. The molecule has 0 spiro atoms. The van der Waals surface area contributed by atoms with E-state index in [9.17, 15) is 9.50 Å². The third kappa shape index (κ3) is 4.09. The standard InChI is InChI=1S/C29H28FN3O3/c1-18-27(20-2-6-22(34)7-3-20)29(36-26-11-10-25-24(28(18)26)15-31-32-25)21-4-8-23(9-5-21)35-13-12-33-16-19(14-30)17-33/h2-11,15,19,29,34H,12-14,16-17H2,1H3,(H,31,32). The number of aromatic amines is 1. The summed E-state index contributed by atoms with van der Waals surface area (Å²) in [7, 11) is 0. The summed E-state index contributed by atoms with van der Waals surface area (Å²) in [5.41, 5.74) is 6.14. The summed E-state index contributed by atoms with van der Waals surface area (Å²) in [6, 6.07) is 19.2. The molecule has 1 atom stereocenters. The van der Waals surface area contributed by atoms with Crippen LogP contribution in [0.2, 0.25) is 0 Å². The number of alkyl halides is 1. The highest BCUT2D eigenvalue weighted by atomic mass is 19.1. The van der Waals surface area contributed by atoms with Gasteiger partial charge in [-0.3, -0.25) is 14.4 Å². The quantitative estimate of drug-likeness (QED) is 0.356. The molecule has 1 fully saturated rings. The normalized spacial score (nSPS) is 18.1. The number of hydrogen-bond donors (Lipinski definition) is 2. The topological polar surface area (TPSA) is 70.6 Å². The van der Waals surface area contributed by atoms with E-state index in [0.717, 1.165) is 69.9 Å². The van der Waals surface area contributed by atoms with Gasteiger partial charge in [-0.2, -0.15) is 5.10 Å². The minimum absolute atomic E-state index is 0.189. The van der Waals surface area contributed by atoms with E-state index in [1.807, 2.05) is 54.7 Å². The molecule has 1 saturated heterocycles. The molecule has 2 N–H and O–H groups in total. The van der Waals surface area contributed by atoms with Gasteiger partial charge in [0.15, 0.2) is 0 Å². The summed E-state index contributed by atoms with van der Waals surface area (Å²) >= 11 is 0. The molecule has 2 aliphatic heterocycles. The zero-order valence-corrected chi connectivity index (χ0v) is 20.1. The van der Waals surface area contributed by atoms with E-state index in [0.29, 0.717) is 6.61 Å². The van der Waals surface area contributed by atoms with Crippen molar-refractivity contribution in [1.82, 2.24) is 15.1 Å². The minimum atomic E-state index is -0.320. The van der Waals surface area contributed by atoms with Crippen LogP contribution in [0.5, 0.6) is 17.2 Å². The fraction of sp³-hybridized carbons (Fsp3) is 0.276. The van der Waals surface area contributed by atoms with Crippen molar-refractivity contribution >= 4 is 22.0 Å². The van der Waals surface area contributed by atoms with Gasteiger partial charge >= 0.3 is 0 Å². The van der Waals surface area contributed by atoms with Gasteiger partial charge in [-0.25, -0.2) is 0 Å². The Hall–Kier alpha value is -3.84. The van der Waals surface area contributed by atoms with E-state index in [1.54, 1.807) is 12.1 Å². The van der Waals surface area contributed by atoms with Crippen LogP contribution >= 0.6 is 0 Å². The lowest BCUT2D eigenvalue weighted by Crippen LogP contribution is -2.49. The second kappa shape index (κ2) is 9.32. The summed E-state index contributed by atoms with van der Waals surface area (Å²) in [5.74, 6) is 2.02. The second-order valence-corrected chi connectivity index (χ2v) is 9.55. The van der Waals surface area contributed by atoms with Crippen molar-refractivity contribution in [2.24, 2.45) is 5.92 Å². The molecule has 184 valence electrons. The summed E-state index contributed by atoms with van der Waals surface area (Å²) in [6.45, 7) is 4.88. The van der Waals surface area contributed by atoms with Crippen molar-refractivity contribution in [2.45, 2.75) is 13.0 Å². The van der Waals surface area contributed by atoms with Crippen molar-refractivity contribution in [3.05, 3.63) is 83.6 Å². The fourth-order valence-corrected chi connectivity index (χ4v) is 5.23. The maximum Gasteiger partial charge on any atom is 0.150 e. The molecule has 7 heteroatoms. The number of rotatable bonds is 7. The zero-order chi connectivity index (χ0) is 24.6. The number of likely N-dealkylation sites (tertiary alicyclic amines) is 1. The first kappa shape index (κ1) is 22.6. The van der Waals surface area contributed by atoms with Crippen LogP contribution < -0.4 is 9.47 Å². The van der Waals surface area contributed by atoms with Gasteiger partial charge in [0.25, 0.3) is 0 Å². The molecule has 1 unspecified atom stereocenters. The SMILES string of the molecule is CC1=C(c2ccc(O)cc2)C(c2ccc(OCCN3CC(CF)C3)cc2)Oc2ccc3[nH]ncc3c21. The summed E-state index contributed by atoms with van der Waals surface area (Å²) in [6.07, 6.45) is 1.51. The van der Waals surface area contributed by atoms with Gasteiger partial charge in [-0.05, 0) is 60.0 Å². The van der Waals surface area contributed by atoms with Gasteiger partial charge < -0.3 is 14.6 Å². The van der Waals surface area contributed by atoms with E-state index in [2.05, 4.69) is 22.0 Å². The number of benzene rings is 3. The second-order valence-electron chi connectivity index (χ2n) is 9.55. The highest BCUT2D eigenvalue weighted by Crippen LogP contribution is 2.48. The van der Waals surface area contributed by atoms with Gasteiger partial charge in [0.1, 0.15) is 30.0 Å². The first-order valence-corrected chi connectivity index (χ1v) is 12.2. The lowest BCUT2D eigenvalue weighted by atomic mass is 9.85. The highest BCUT2D eigenvalue weighted by molar-refractivity contribution is 6.04. The largest absolute Gasteiger partial charge is 0.508 e. The van der Waals surface area contributed by atoms with E-state index < -0.39 is 0 Å². The number of allylic oxidation sites excluding steroid dienone is 1. The maximum atomic E-state index is 12.6. The zero-order valence-electron chi connectivity index (χ0n) is 20.1. The smallest absolute Gasteiger partial charge is 0.150 e. The average Bonchev–Trinajstić information content (AvgIpc) is 3.35. The Morgan fingerprint density at radius 3 is 2.61 bits per heavy atom. The van der Waals surface area contributed by atoms with E-state index in [-0.39, 0.29) is 24.4 Å². The fourth-order valence-electron chi connectivity index (χ4n) is 5.23. The molecule has 0 radical (unpaired) electrons. The monoisotopic (exact) mass is 485 g/mol. The van der Waals surface area contributed by atoms with Crippen LogP contribution in [-0.4, -0.2) is 53.1 Å². The highest BCUT2D eigenvalue weighted by Gasteiger charge is 2.31. The molecule has 0 aliphatic carbocycles. The Morgan fingerprint density at radius 2 is 1.86 bits per heavy atom. The van der Waals surface area contributed by atoms with Crippen molar-refractivity contribution in [3.8, 4) is 17.2 Å². The molecule has 3 aromatic carbocycles. The van der Waals surface area contributed by atoms with Crippen LogP contribution in [0.4, 0.5) is 4.39 Å². The van der Waals surface area contributed by atoms with Gasteiger partial charge in [0, 0.05) is 42.1 Å². The Morgan fingerprint density at radius 1 is 1.08 bits per heavy atom. The predicted molar refractivity (Wildman–Crippen MR) is 138 cm³/mol. The summed E-state index contributed by atoms with van der Waals surface area (Å²) in [4.78, 5) is 2.21. The average molecular weight is 486 g/mol. The predicted octanol–water partition coefficient (Wildman–Crippen LogP) is 5.61. The van der Waals surface area contributed by atoms with Crippen LogP contribution in [-0.2, 0) is 0 Å². The number of halogens is 1. The number of nitrogens with zero attached hydrogens (tertiary/aromatic N) is 2. The van der Waals surface area contributed by atoms with Gasteiger partial charge in [-0.15, -0.1) is 0 Å². The Kier molecular flexibility index (Phi) is 5.85. The number of ether oxygens (including phenoxy) is 2. The number of H-pyrrole nitrogens is 1. The Bertz CT molecular complexity index is 1410. The van der Waals surface area contributed by atoms with E-state index in [4.69, 9.17) is 9.47 Å². The molecule has 1 aromatic heterocycles. The first-order chi connectivity index (χ1) is 17.6. The van der Waals surface area contributed by atoms with Crippen LogP contribution in [0.15, 0.2) is 66.9 Å². The third-order valence-electron chi connectivity index (χ3n) is 7.16. The van der Waals surface area contributed by atoms with Crippen LogP contribution in [0, 0.1) is 5.92 Å². The number of phenolic OH excluding ortho intramolecular Hbond substituents is 1. The van der Waals surface area contributed by atoms with Gasteiger partial charge in [0.2, 0.25) is 0 Å². The summed E-state index contributed by atoms with van der Waals surface area (Å²) < 4.78 is 25.2. The van der Waals surface area contributed by atoms with Gasteiger partial charge in [-0.1, -0.05) is 24.3 Å². The molecule has 0 amide bonds. The van der Waals surface area contributed by atoms with Crippen LogP contribution in [0.3, 0.4) is 0 Å². The van der Waals surface area contributed by atoms with E-state index in [1.165, 1.54) is 0 Å². The Labute approximate surface area is 209 Å². The number of aromatic hydroxyl groups is 1. The molecule has 6 nitrogen and oxygen atoms in total. The molecule has 0 bridgehead atoms. The molecular formula is C29H28FN3O3. The molecule has 4 aromatic rings. The third-order valence-corrected chi connectivity index (χ3v) is 7.16. The minimum Gasteiger partial charge on any atom is -0.508 e. The molecule has 2 aliphatic rings. The number of hydrogen-bond acceptors (Lipinski definition) is 5. The van der Waals surface area contributed by atoms with Crippen molar-refractivity contribution in [3.63, 3.8) is 0 Å². The number of nitrogens with one attached hydrogen (secondary N) is 1. The maximum absolute atomic E-state index is 12.6. The molecule has 6 rings (SSSR count). The molecular weight excluding hydrogens is 457 g/mol.